The normalized spacial score (nSPS) is 15.5. The minimum atomic E-state index is -0.859. The lowest BCUT2D eigenvalue weighted by atomic mass is 10.1. The third-order valence-electron chi connectivity index (χ3n) is 3.32. The number of carbonyl (C=O) groups is 3. The molecule has 1 aliphatic heterocycles. The summed E-state index contributed by atoms with van der Waals surface area (Å²) >= 11 is 0. The number of hydrogen-bond acceptors (Lipinski definition) is 3. The summed E-state index contributed by atoms with van der Waals surface area (Å²) in [4.78, 5) is 35.9. The summed E-state index contributed by atoms with van der Waals surface area (Å²) < 4.78 is 0. The number of fused-ring (bicyclic) bond motifs is 1. The number of rotatable bonds is 5. The van der Waals surface area contributed by atoms with E-state index < -0.39 is 11.9 Å². The summed E-state index contributed by atoms with van der Waals surface area (Å²) in [6.45, 7) is 1.88. The first kappa shape index (κ1) is 13.3. The molecule has 100 valence electrons. The molecule has 19 heavy (non-hydrogen) atoms. The van der Waals surface area contributed by atoms with Crippen molar-refractivity contribution in [1.29, 1.82) is 0 Å². The van der Waals surface area contributed by atoms with Crippen molar-refractivity contribution in [1.82, 2.24) is 4.90 Å². The van der Waals surface area contributed by atoms with Crippen molar-refractivity contribution in [2.75, 3.05) is 6.54 Å². The number of carboxylic acid groups (broad SMARTS) is 1. The molecule has 1 unspecified atom stereocenters. The van der Waals surface area contributed by atoms with Gasteiger partial charge in [0.25, 0.3) is 11.8 Å². The molecule has 1 aliphatic rings. The number of carboxylic acids is 1. The van der Waals surface area contributed by atoms with Gasteiger partial charge in [-0.1, -0.05) is 19.1 Å². The van der Waals surface area contributed by atoms with Crippen molar-refractivity contribution in [2.45, 2.75) is 19.8 Å². The molecule has 5 nitrogen and oxygen atoms in total. The van der Waals surface area contributed by atoms with Gasteiger partial charge in [0, 0.05) is 6.54 Å². The van der Waals surface area contributed by atoms with Crippen LogP contribution >= 0.6 is 0 Å². The molecule has 0 aromatic heterocycles. The highest BCUT2D eigenvalue weighted by Crippen LogP contribution is 2.23. The maximum absolute atomic E-state index is 12.0. The molecule has 1 aromatic rings. The zero-order chi connectivity index (χ0) is 14.0. The summed E-state index contributed by atoms with van der Waals surface area (Å²) in [5.74, 6) is -1.90. The molecule has 0 saturated carbocycles. The maximum Gasteiger partial charge on any atom is 0.306 e. The van der Waals surface area contributed by atoms with Crippen molar-refractivity contribution < 1.29 is 19.5 Å². The largest absolute Gasteiger partial charge is 0.481 e. The van der Waals surface area contributed by atoms with Gasteiger partial charge >= 0.3 is 5.97 Å². The molecule has 1 heterocycles. The Morgan fingerprint density at radius 3 is 2.21 bits per heavy atom. The highest BCUT2D eigenvalue weighted by Gasteiger charge is 2.34. The zero-order valence-electron chi connectivity index (χ0n) is 10.6. The highest BCUT2D eigenvalue weighted by atomic mass is 16.4. The second-order valence-electron chi connectivity index (χ2n) is 4.69. The summed E-state index contributed by atoms with van der Waals surface area (Å²) in [6, 6.07) is 6.71. The predicted molar refractivity (Wildman–Crippen MR) is 67.8 cm³/mol. The maximum atomic E-state index is 12.0. The minimum absolute atomic E-state index is 0.268. The molecule has 0 aliphatic carbocycles. The van der Waals surface area contributed by atoms with Crippen LogP contribution in [0.15, 0.2) is 24.3 Å². The van der Waals surface area contributed by atoms with E-state index >= 15 is 0 Å². The Morgan fingerprint density at radius 2 is 1.74 bits per heavy atom. The molecule has 5 heteroatoms. The Morgan fingerprint density at radius 1 is 1.21 bits per heavy atom. The Balaban J connectivity index is 1.99. The van der Waals surface area contributed by atoms with Gasteiger partial charge in [0.05, 0.1) is 17.0 Å². The first-order valence-corrected chi connectivity index (χ1v) is 6.20. The summed E-state index contributed by atoms with van der Waals surface area (Å²) in [5, 5.41) is 8.77. The highest BCUT2D eigenvalue weighted by molar-refractivity contribution is 6.21. The van der Waals surface area contributed by atoms with E-state index in [1.54, 1.807) is 31.2 Å². The molecule has 0 fully saturated rings. The average Bonchev–Trinajstić information content (AvgIpc) is 2.64. The van der Waals surface area contributed by atoms with Gasteiger partial charge in [0.2, 0.25) is 0 Å². The Labute approximate surface area is 110 Å². The van der Waals surface area contributed by atoms with E-state index in [1.165, 1.54) is 4.90 Å². The molecular weight excluding hydrogens is 246 g/mol. The van der Waals surface area contributed by atoms with Crippen LogP contribution in [0.25, 0.3) is 0 Å². The number of imide groups is 1. The molecule has 0 saturated heterocycles. The van der Waals surface area contributed by atoms with E-state index in [0.29, 0.717) is 24.0 Å². The van der Waals surface area contributed by atoms with Gasteiger partial charge in [0.1, 0.15) is 0 Å². The van der Waals surface area contributed by atoms with Gasteiger partial charge in [0.15, 0.2) is 0 Å². The molecule has 1 N–H and O–H groups in total. The first-order chi connectivity index (χ1) is 9.02. The Bertz CT molecular complexity index is 503. The lowest BCUT2D eigenvalue weighted by molar-refractivity contribution is -0.141. The van der Waals surface area contributed by atoms with Gasteiger partial charge in [-0.15, -0.1) is 0 Å². The van der Waals surface area contributed by atoms with Gasteiger partial charge in [-0.25, -0.2) is 0 Å². The second kappa shape index (κ2) is 5.22. The van der Waals surface area contributed by atoms with Gasteiger partial charge < -0.3 is 5.11 Å². The van der Waals surface area contributed by atoms with Crippen LogP contribution in [0.2, 0.25) is 0 Å². The van der Waals surface area contributed by atoms with Crippen molar-refractivity contribution in [3.63, 3.8) is 0 Å². The topological polar surface area (TPSA) is 74.7 Å². The fraction of sp³-hybridized carbons (Fsp3) is 0.357. The molecule has 2 amide bonds. The smallest absolute Gasteiger partial charge is 0.306 e. The molecule has 0 spiro atoms. The standard InChI is InChI=1S/C14H15NO4/c1-9(14(18)19)5-4-8-15-12(16)10-6-2-3-7-11(10)13(15)17/h2-3,6-7,9H,4-5,8H2,1H3,(H,18,19). The molecule has 1 atom stereocenters. The van der Waals surface area contributed by atoms with Crippen molar-refractivity contribution >= 4 is 17.8 Å². The lowest BCUT2D eigenvalue weighted by Crippen LogP contribution is -2.31. The van der Waals surface area contributed by atoms with Gasteiger partial charge in [-0.2, -0.15) is 0 Å². The average molecular weight is 261 g/mol. The summed E-state index contributed by atoms with van der Waals surface area (Å²) in [6.07, 6.45) is 0.946. The quantitative estimate of drug-likeness (QED) is 0.820. The minimum Gasteiger partial charge on any atom is -0.481 e. The molecule has 1 aromatic carbocycles. The molecular formula is C14H15NO4. The van der Waals surface area contributed by atoms with Gasteiger partial charge in [-0.05, 0) is 25.0 Å². The van der Waals surface area contributed by atoms with Crippen LogP contribution in [-0.4, -0.2) is 34.3 Å². The van der Waals surface area contributed by atoms with E-state index in [2.05, 4.69) is 0 Å². The Kier molecular flexibility index (Phi) is 3.64. The van der Waals surface area contributed by atoms with Crippen LogP contribution < -0.4 is 0 Å². The molecule has 0 bridgehead atoms. The van der Waals surface area contributed by atoms with Crippen LogP contribution in [0.1, 0.15) is 40.5 Å². The number of benzene rings is 1. The number of nitrogens with zero attached hydrogens (tertiary/aromatic N) is 1. The van der Waals surface area contributed by atoms with Crippen molar-refractivity contribution in [3.05, 3.63) is 35.4 Å². The first-order valence-electron chi connectivity index (χ1n) is 6.20. The van der Waals surface area contributed by atoms with Crippen molar-refractivity contribution in [2.24, 2.45) is 5.92 Å². The summed E-state index contributed by atoms with van der Waals surface area (Å²) in [7, 11) is 0. The van der Waals surface area contributed by atoms with E-state index in [1.807, 2.05) is 0 Å². The van der Waals surface area contributed by atoms with E-state index in [9.17, 15) is 14.4 Å². The van der Waals surface area contributed by atoms with E-state index in [0.717, 1.165) is 0 Å². The fourth-order valence-corrected chi connectivity index (χ4v) is 2.12. The van der Waals surface area contributed by atoms with Crippen LogP contribution in [-0.2, 0) is 4.79 Å². The Hall–Kier alpha value is -2.17. The summed E-state index contributed by atoms with van der Waals surface area (Å²) in [5.41, 5.74) is 0.859. The lowest BCUT2D eigenvalue weighted by Gasteiger charge is -2.14. The zero-order valence-corrected chi connectivity index (χ0v) is 10.6. The van der Waals surface area contributed by atoms with Crippen LogP contribution in [0.3, 0.4) is 0 Å². The monoisotopic (exact) mass is 261 g/mol. The SMILES string of the molecule is CC(CCCN1C(=O)c2ccccc2C1=O)C(=O)O. The number of amides is 2. The van der Waals surface area contributed by atoms with Crippen molar-refractivity contribution in [3.8, 4) is 0 Å². The van der Waals surface area contributed by atoms with E-state index in [4.69, 9.17) is 5.11 Å². The van der Waals surface area contributed by atoms with E-state index in [-0.39, 0.29) is 18.4 Å². The second-order valence-corrected chi connectivity index (χ2v) is 4.69. The third kappa shape index (κ3) is 2.50. The van der Waals surface area contributed by atoms with Crippen LogP contribution in [0.5, 0.6) is 0 Å². The van der Waals surface area contributed by atoms with Gasteiger partial charge in [-0.3, -0.25) is 19.3 Å². The third-order valence-corrected chi connectivity index (χ3v) is 3.32. The number of carbonyl (C=O) groups excluding carboxylic acids is 2. The van der Waals surface area contributed by atoms with Crippen LogP contribution in [0, 0.1) is 5.92 Å². The predicted octanol–water partition coefficient (Wildman–Crippen LogP) is 1.78. The molecule has 0 radical (unpaired) electrons. The molecule has 2 rings (SSSR count). The van der Waals surface area contributed by atoms with Crippen LogP contribution in [0.4, 0.5) is 0 Å². The number of aliphatic carboxylic acids is 1. The fourth-order valence-electron chi connectivity index (χ4n) is 2.12. The number of hydrogen-bond donors (Lipinski definition) is 1.